The lowest BCUT2D eigenvalue weighted by molar-refractivity contribution is 0.313. The van der Waals surface area contributed by atoms with Crippen LogP contribution in [0.1, 0.15) is 39.5 Å². The first-order chi connectivity index (χ1) is 7.14. The van der Waals surface area contributed by atoms with Crippen molar-refractivity contribution >= 4 is 0 Å². The average molecular weight is 210 g/mol. The molecule has 15 heavy (non-hydrogen) atoms. The number of nitrogens with one attached hydrogen (secondary N) is 2. The first-order valence-electron chi connectivity index (χ1n) is 6.19. The highest BCUT2D eigenvalue weighted by Gasteiger charge is 2.18. The molecule has 88 valence electrons. The number of hydrogen-bond acceptors (Lipinski definition) is 2. The van der Waals surface area contributed by atoms with Crippen molar-refractivity contribution in [2.24, 2.45) is 5.41 Å². The second-order valence-corrected chi connectivity index (χ2v) is 5.42. The molecule has 1 aliphatic rings. The molecule has 1 atom stereocenters. The van der Waals surface area contributed by atoms with Crippen molar-refractivity contribution in [1.29, 1.82) is 0 Å². The molecule has 2 heteroatoms. The monoisotopic (exact) mass is 210 g/mol. The van der Waals surface area contributed by atoms with Gasteiger partial charge in [0.05, 0.1) is 0 Å². The third-order valence-corrected chi connectivity index (χ3v) is 3.14. The largest absolute Gasteiger partial charge is 0.317 e. The van der Waals surface area contributed by atoms with Crippen LogP contribution >= 0.6 is 0 Å². The summed E-state index contributed by atoms with van der Waals surface area (Å²) in [5.41, 5.74) is 0.349. The standard InChI is InChI=1S/C13H26N2/c1-4-8-13(2,3)11-15-12-6-5-9-14-10-7-12/h4,12,14-15H,1,5-11H2,2-3H3. The van der Waals surface area contributed by atoms with Crippen LogP contribution in [0.4, 0.5) is 0 Å². The number of allylic oxidation sites excluding steroid dienone is 1. The molecule has 2 N–H and O–H groups in total. The van der Waals surface area contributed by atoms with Gasteiger partial charge in [-0.25, -0.2) is 0 Å². The summed E-state index contributed by atoms with van der Waals surface area (Å²) in [7, 11) is 0. The normalized spacial score (nSPS) is 23.5. The van der Waals surface area contributed by atoms with Crippen molar-refractivity contribution in [3.05, 3.63) is 12.7 Å². The summed E-state index contributed by atoms with van der Waals surface area (Å²) in [6.45, 7) is 11.9. The molecule has 0 spiro atoms. The van der Waals surface area contributed by atoms with Gasteiger partial charge in [0.2, 0.25) is 0 Å². The van der Waals surface area contributed by atoms with E-state index in [9.17, 15) is 0 Å². The Morgan fingerprint density at radius 2 is 2.20 bits per heavy atom. The maximum Gasteiger partial charge on any atom is 0.00798 e. The van der Waals surface area contributed by atoms with Crippen LogP contribution in [0, 0.1) is 5.41 Å². The zero-order chi connectivity index (χ0) is 11.1. The van der Waals surface area contributed by atoms with Crippen LogP contribution < -0.4 is 10.6 Å². The van der Waals surface area contributed by atoms with Crippen molar-refractivity contribution < 1.29 is 0 Å². The molecule has 1 heterocycles. The SMILES string of the molecule is C=CCC(C)(C)CNC1CCCNCC1. The van der Waals surface area contributed by atoms with Gasteiger partial charge in [0, 0.05) is 12.6 Å². The van der Waals surface area contributed by atoms with Gasteiger partial charge in [-0.1, -0.05) is 19.9 Å². The van der Waals surface area contributed by atoms with E-state index in [4.69, 9.17) is 0 Å². The highest BCUT2D eigenvalue weighted by Crippen LogP contribution is 2.20. The van der Waals surface area contributed by atoms with E-state index < -0.39 is 0 Å². The molecule has 0 aromatic rings. The quantitative estimate of drug-likeness (QED) is 0.681. The van der Waals surface area contributed by atoms with Crippen molar-refractivity contribution in [3.63, 3.8) is 0 Å². The molecule has 0 aliphatic carbocycles. The van der Waals surface area contributed by atoms with Gasteiger partial charge >= 0.3 is 0 Å². The fourth-order valence-electron chi connectivity index (χ4n) is 2.11. The Balaban J connectivity index is 2.25. The lowest BCUT2D eigenvalue weighted by Gasteiger charge is -2.26. The van der Waals surface area contributed by atoms with Crippen LogP contribution in [-0.2, 0) is 0 Å². The van der Waals surface area contributed by atoms with Crippen molar-refractivity contribution in [2.75, 3.05) is 19.6 Å². The fourth-order valence-corrected chi connectivity index (χ4v) is 2.11. The lowest BCUT2D eigenvalue weighted by atomic mass is 9.89. The number of rotatable bonds is 5. The van der Waals surface area contributed by atoms with E-state index in [1.54, 1.807) is 0 Å². The minimum Gasteiger partial charge on any atom is -0.317 e. The molecular weight excluding hydrogens is 184 g/mol. The van der Waals surface area contributed by atoms with Crippen molar-refractivity contribution in [1.82, 2.24) is 10.6 Å². The summed E-state index contributed by atoms with van der Waals surface area (Å²) < 4.78 is 0. The lowest BCUT2D eigenvalue weighted by Crippen LogP contribution is -2.37. The maximum absolute atomic E-state index is 3.82. The van der Waals surface area contributed by atoms with Gasteiger partial charge in [0.15, 0.2) is 0 Å². The minimum atomic E-state index is 0.349. The predicted octanol–water partition coefficient (Wildman–Crippen LogP) is 2.32. The molecule has 2 nitrogen and oxygen atoms in total. The predicted molar refractivity (Wildman–Crippen MR) is 67.1 cm³/mol. The van der Waals surface area contributed by atoms with Gasteiger partial charge in [-0.2, -0.15) is 0 Å². The Morgan fingerprint density at radius 1 is 1.40 bits per heavy atom. The van der Waals surface area contributed by atoms with Gasteiger partial charge in [0.25, 0.3) is 0 Å². The average Bonchev–Trinajstić information content (AvgIpc) is 2.43. The molecule has 0 aromatic carbocycles. The van der Waals surface area contributed by atoms with E-state index in [0.717, 1.165) is 13.0 Å². The first-order valence-corrected chi connectivity index (χ1v) is 6.19. The van der Waals surface area contributed by atoms with Gasteiger partial charge in [-0.05, 0) is 44.2 Å². The maximum atomic E-state index is 3.82. The molecule has 0 bridgehead atoms. The summed E-state index contributed by atoms with van der Waals surface area (Å²) in [5, 5.41) is 7.14. The number of hydrogen-bond donors (Lipinski definition) is 2. The van der Waals surface area contributed by atoms with Crippen LogP contribution in [0.2, 0.25) is 0 Å². The summed E-state index contributed by atoms with van der Waals surface area (Å²) >= 11 is 0. The topological polar surface area (TPSA) is 24.1 Å². The van der Waals surface area contributed by atoms with Gasteiger partial charge in [-0.3, -0.25) is 0 Å². The van der Waals surface area contributed by atoms with Gasteiger partial charge < -0.3 is 10.6 Å². The van der Waals surface area contributed by atoms with Crippen molar-refractivity contribution in [2.45, 2.75) is 45.6 Å². The fraction of sp³-hybridized carbons (Fsp3) is 0.846. The Kier molecular flexibility index (Phi) is 5.34. The Labute approximate surface area is 94.5 Å². The van der Waals surface area contributed by atoms with Crippen LogP contribution in [0.25, 0.3) is 0 Å². The molecular formula is C13H26N2. The van der Waals surface area contributed by atoms with E-state index in [0.29, 0.717) is 11.5 Å². The van der Waals surface area contributed by atoms with Crippen molar-refractivity contribution in [3.8, 4) is 0 Å². The summed E-state index contributed by atoms with van der Waals surface area (Å²) in [5.74, 6) is 0. The molecule has 0 aromatic heterocycles. The Hall–Kier alpha value is -0.340. The van der Waals surface area contributed by atoms with E-state index >= 15 is 0 Å². The molecule has 0 amide bonds. The zero-order valence-electron chi connectivity index (χ0n) is 10.3. The minimum absolute atomic E-state index is 0.349. The second-order valence-electron chi connectivity index (χ2n) is 5.42. The van der Waals surface area contributed by atoms with E-state index in [1.807, 2.05) is 6.08 Å². The highest BCUT2D eigenvalue weighted by atomic mass is 14.9. The molecule has 0 saturated carbocycles. The molecule has 1 saturated heterocycles. The molecule has 1 unspecified atom stereocenters. The summed E-state index contributed by atoms with van der Waals surface area (Å²) in [4.78, 5) is 0. The Bertz CT molecular complexity index is 179. The van der Waals surface area contributed by atoms with E-state index in [1.165, 1.54) is 32.4 Å². The summed E-state index contributed by atoms with van der Waals surface area (Å²) in [6.07, 6.45) is 7.00. The van der Waals surface area contributed by atoms with Crippen LogP contribution in [0.15, 0.2) is 12.7 Å². The van der Waals surface area contributed by atoms with E-state index in [2.05, 4.69) is 31.1 Å². The molecule has 1 aliphatic heterocycles. The smallest absolute Gasteiger partial charge is 0.00798 e. The molecule has 0 radical (unpaired) electrons. The second kappa shape index (κ2) is 6.29. The van der Waals surface area contributed by atoms with Crippen LogP contribution in [0.3, 0.4) is 0 Å². The van der Waals surface area contributed by atoms with E-state index in [-0.39, 0.29) is 0 Å². The van der Waals surface area contributed by atoms with Gasteiger partial charge in [0.1, 0.15) is 0 Å². The van der Waals surface area contributed by atoms with Crippen LogP contribution in [0.5, 0.6) is 0 Å². The Morgan fingerprint density at radius 3 is 2.93 bits per heavy atom. The third kappa shape index (κ3) is 5.33. The zero-order valence-corrected chi connectivity index (χ0v) is 10.3. The third-order valence-electron chi connectivity index (χ3n) is 3.14. The van der Waals surface area contributed by atoms with Gasteiger partial charge in [-0.15, -0.1) is 6.58 Å². The molecule has 1 fully saturated rings. The highest BCUT2D eigenvalue weighted by molar-refractivity contribution is 4.83. The van der Waals surface area contributed by atoms with Crippen LogP contribution in [-0.4, -0.2) is 25.7 Å². The molecule has 1 rings (SSSR count). The first kappa shape index (κ1) is 12.7. The summed E-state index contributed by atoms with van der Waals surface area (Å²) in [6, 6.07) is 0.712.